The molecule has 3 heterocycles. The fourth-order valence-electron chi connectivity index (χ4n) is 3.55. The van der Waals surface area contributed by atoms with Gasteiger partial charge in [0.15, 0.2) is 0 Å². The van der Waals surface area contributed by atoms with E-state index in [0.29, 0.717) is 16.9 Å². The fraction of sp³-hybridized carbons (Fsp3) is 0.250. The molecule has 1 amide bonds. The highest BCUT2D eigenvalue weighted by Gasteiger charge is 2.38. The minimum atomic E-state index is -5.08. The molecule has 0 aliphatic carbocycles. The summed E-state index contributed by atoms with van der Waals surface area (Å²) < 4.78 is 97.5. The molecule has 0 spiro atoms. The van der Waals surface area contributed by atoms with Gasteiger partial charge in [0.25, 0.3) is 0 Å². The first-order valence-electron chi connectivity index (χ1n) is 11.5. The quantitative estimate of drug-likeness (QED) is 0.282. The van der Waals surface area contributed by atoms with E-state index in [9.17, 15) is 39.6 Å². The standard InChI is InChI=1S/C22H21F3N6O3S.C2HF3O2/c1-31(35(2,33)34)21-13(4-3-7-26-21)11-27-18-10-19(28-12-16(18)22(23,24)25)29-15-5-6-17-14(8-15)9-20(32)30-17;3-2(4,5)1(6)7/h3-8,10,12H,9,11H2,1-2H3,(H,30,32)(H2,27,28,29);(H,6,7). The Balaban J connectivity index is 0.000000616. The fourth-order valence-corrected chi connectivity index (χ4v) is 4.03. The zero-order valence-electron chi connectivity index (χ0n) is 21.6. The normalized spacial score (nSPS) is 12.9. The first kappa shape index (κ1) is 31.9. The number of alkyl halides is 6. The number of hydrogen-bond donors (Lipinski definition) is 4. The number of amides is 1. The highest BCUT2D eigenvalue weighted by Crippen LogP contribution is 2.36. The molecule has 42 heavy (non-hydrogen) atoms. The summed E-state index contributed by atoms with van der Waals surface area (Å²) in [5.74, 6) is -2.64. The van der Waals surface area contributed by atoms with Crippen molar-refractivity contribution in [1.29, 1.82) is 0 Å². The van der Waals surface area contributed by atoms with Crippen LogP contribution in [0.4, 0.5) is 55.0 Å². The molecule has 2 aromatic heterocycles. The summed E-state index contributed by atoms with van der Waals surface area (Å²) in [5, 5.41) is 15.5. The van der Waals surface area contributed by atoms with E-state index in [0.717, 1.165) is 22.3 Å². The molecular weight excluding hydrogens is 598 g/mol. The first-order valence-corrected chi connectivity index (χ1v) is 13.4. The van der Waals surface area contributed by atoms with Crippen LogP contribution in [-0.2, 0) is 38.8 Å². The summed E-state index contributed by atoms with van der Waals surface area (Å²) in [6, 6.07) is 9.46. The number of carboxylic acid groups (broad SMARTS) is 1. The molecule has 18 heteroatoms. The molecule has 4 rings (SSSR count). The third-order valence-corrected chi connectivity index (χ3v) is 6.76. The van der Waals surface area contributed by atoms with Crippen molar-refractivity contribution in [3.63, 3.8) is 0 Å². The summed E-state index contributed by atoms with van der Waals surface area (Å²) >= 11 is 0. The van der Waals surface area contributed by atoms with Crippen LogP contribution >= 0.6 is 0 Å². The molecule has 1 aliphatic heterocycles. The Morgan fingerprint density at radius 2 is 1.79 bits per heavy atom. The molecule has 1 aliphatic rings. The van der Waals surface area contributed by atoms with Gasteiger partial charge in [-0.05, 0) is 29.8 Å². The van der Waals surface area contributed by atoms with E-state index in [2.05, 4.69) is 25.9 Å². The third-order valence-electron chi connectivity index (χ3n) is 5.59. The van der Waals surface area contributed by atoms with E-state index in [4.69, 9.17) is 9.90 Å². The summed E-state index contributed by atoms with van der Waals surface area (Å²) in [6.45, 7) is -0.123. The van der Waals surface area contributed by atoms with Gasteiger partial charge < -0.3 is 21.1 Å². The summed E-state index contributed by atoms with van der Waals surface area (Å²) in [4.78, 5) is 28.4. The lowest BCUT2D eigenvalue weighted by molar-refractivity contribution is -0.192. The summed E-state index contributed by atoms with van der Waals surface area (Å²) in [6.07, 6.45) is -6.42. The molecule has 1 aromatic carbocycles. The van der Waals surface area contributed by atoms with Crippen LogP contribution < -0.4 is 20.3 Å². The van der Waals surface area contributed by atoms with Crippen molar-refractivity contribution in [2.24, 2.45) is 0 Å². The van der Waals surface area contributed by atoms with E-state index in [1.165, 1.54) is 19.3 Å². The van der Waals surface area contributed by atoms with E-state index in [-0.39, 0.29) is 36.2 Å². The van der Waals surface area contributed by atoms with Gasteiger partial charge in [-0.25, -0.2) is 23.2 Å². The average molecular weight is 621 g/mol. The smallest absolute Gasteiger partial charge is 0.475 e. The Morgan fingerprint density at radius 3 is 2.38 bits per heavy atom. The Labute approximate surface area is 234 Å². The highest BCUT2D eigenvalue weighted by molar-refractivity contribution is 7.92. The molecule has 0 atom stereocenters. The lowest BCUT2D eigenvalue weighted by Crippen LogP contribution is -2.27. The summed E-state index contributed by atoms with van der Waals surface area (Å²) in [7, 11) is -2.31. The maximum absolute atomic E-state index is 13.6. The van der Waals surface area contributed by atoms with Crippen LogP contribution in [-0.4, -0.2) is 54.8 Å². The van der Waals surface area contributed by atoms with Crippen LogP contribution in [0.1, 0.15) is 16.7 Å². The monoisotopic (exact) mass is 620 g/mol. The van der Waals surface area contributed by atoms with Gasteiger partial charge >= 0.3 is 18.3 Å². The molecule has 4 N–H and O–H groups in total. The van der Waals surface area contributed by atoms with E-state index >= 15 is 0 Å². The van der Waals surface area contributed by atoms with E-state index < -0.39 is 33.9 Å². The molecule has 11 nitrogen and oxygen atoms in total. The van der Waals surface area contributed by atoms with Gasteiger partial charge in [-0.3, -0.25) is 9.10 Å². The minimum Gasteiger partial charge on any atom is -0.475 e. The maximum Gasteiger partial charge on any atom is 0.490 e. The van der Waals surface area contributed by atoms with Crippen molar-refractivity contribution in [2.75, 3.05) is 33.6 Å². The van der Waals surface area contributed by atoms with Crippen molar-refractivity contribution < 1.29 is 49.5 Å². The van der Waals surface area contributed by atoms with E-state index in [1.807, 2.05) is 0 Å². The zero-order valence-corrected chi connectivity index (χ0v) is 22.4. The van der Waals surface area contributed by atoms with Crippen LogP contribution in [0.2, 0.25) is 0 Å². The number of anilines is 5. The van der Waals surface area contributed by atoms with E-state index in [1.54, 1.807) is 30.3 Å². The second-order valence-electron chi connectivity index (χ2n) is 8.71. The third kappa shape index (κ3) is 8.21. The maximum atomic E-state index is 13.6. The number of pyridine rings is 2. The molecule has 0 radical (unpaired) electrons. The number of aliphatic carboxylic acids is 1. The van der Waals surface area contributed by atoms with Crippen LogP contribution in [0.25, 0.3) is 0 Å². The average Bonchev–Trinajstić information content (AvgIpc) is 3.25. The lowest BCUT2D eigenvalue weighted by atomic mass is 10.1. The number of hydrogen-bond acceptors (Lipinski definition) is 8. The molecule has 226 valence electrons. The van der Waals surface area contributed by atoms with Gasteiger partial charge in [-0.1, -0.05) is 6.07 Å². The molecule has 0 bridgehead atoms. The molecule has 0 unspecified atom stereocenters. The zero-order chi connectivity index (χ0) is 31.5. The van der Waals surface area contributed by atoms with Crippen molar-refractivity contribution in [3.8, 4) is 0 Å². The number of rotatable bonds is 7. The van der Waals surface area contributed by atoms with Crippen molar-refractivity contribution in [3.05, 3.63) is 65.5 Å². The number of carbonyl (C=O) groups excluding carboxylic acids is 1. The molecule has 0 fully saturated rings. The number of halogens is 6. The summed E-state index contributed by atoms with van der Waals surface area (Å²) in [5.41, 5.74) is 1.18. The van der Waals surface area contributed by atoms with Crippen LogP contribution in [0.5, 0.6) is 0 Å². The molecule has 0 saturated heterocycles. The number of carbonyl (C=O) groups is 2. The number of nitrogens with zero attached hydrogens (tertiary/aromatic N) is 3. The van der Waals surface area contributed by atoms with Crippen molar-refractivity contribution in [2.45, 2.75) is 25.3 Å². The predicted molar refractivity (Wildman–Crippen MR) is 140 cm³/mol. The topological polar surface area (TPSA) is 154 Å². The van der Waals surface area contributed by atoms with Gasteiger partial charge in [-0.15, -0.1) is 0 Å². The van der Waals surface area contributed by atoms with Crippen LogP contribution in [0, 0.1) is 0 Å². The second-order valence-corrected chi connectivity index (χ2v) is 10.7. The highest BCUT2D eigenvalue weighted by atomic mass is 32.2. The number of nitrogens with one attached hydrogen (secondary N) is 3. The Morgan fingerprint density at radius 1 is 1.12 bits per heavy atom. The molecular formula is C24H22F6N6O5S. The van der Waals surface area contributed by atoms with Crippen LogP contribution in [0.15, 0.2) is 48.8 Å². The van der Waals surface area contributed by atoms with Gasteiger partial charge in [0.1, 0.15) is 11.6 Å². The molecule has 3 aromatic rings. The van der Waals surface area contributed by atoms with Gasteiger partial charge in [0, 0.05) is 49.0 Å². The largest absolute Gasteiger partial charge is 0.490 e. The minimum absolute atomic E-state index is 0.102. The second kappa shape index (κ2) is 12.1. The molecule has 0 saturated carbocycles. The van der Waals surface area contributed by atoms with Gasteiger partial charge in [0.05, 0.1) is 23.9 Å². The first-order chi connectivity index (χ1) is 19.4. The van der Waals surface area contributed by atoms with Gasteiger partial charge in [-0.2, -0.15) is 26.3 Å². The number of aromatic nitrogens is 2. The Kier molecular flexibility index (Phi) is 9.19. The Bertz CT molecular complexity index is 1600. The number of fused-ring (bicyclic) bond motifs is 1. The van der Waals surface area contributed by atoms with Crippen molar-refractivity contribution in [1.82, 2.24) is 9.97 Å². The number of carboxylic acids is 1. The van der Waals surface area contributed by atoms with Crippen LogP contribution in [0.3, 0.4) is 0 Å². The SMILES string of the molecule is CN(c1ncccc1CNc1cc(Nc2ccc3c(c2)CC(=O)N3)ncc1C(F)(F)F)S(C)(=O)=O.O=C(O)C(F)(F)F. The number of sulfonamides is 1. The van der Waals surface area contributed by atoms with Gasteiger partial charge in [0.2, 0.25) is 15.9 Å². The van der Waals surface area contributed by atoms with Crippen molar-refractivity contribution >= 4 is 50.6 Å². The number of benzene rings is 1. The predicted octanol–water partition coefficient (Wildman–Crippen LogP) is 4.37. The Hall–Kier alpha value is -4.61. The lowest BCUT2D eigenvalue weighted by Gasteiger charge is -2.20.